The molecule has 2 atom stereocenters. The molecule has 1 aliphatic heterocycles. The van der Waals surface area contributed by atoms with E-state index in [9.17, 15) is 0 Å². The van der Waals surface area contributed by atoms with E-state index in [2.05, 4.69) is 61.7 Å². The van der Waals surface area contributed by atoms with Gasteiger partial charge < -0.3 is 16.3 Å². The number of hydrogen-bond donors (Lipinski definition) is 2. The molecule has 2 unspecified atom stereocenters. The molecule has 0 spiro atoms. The molecule has 0 aliphatic carbocycles. The fraction of sp³-hybridized carbons (Fsp3) is 0.583. The molecule has 1 heterocycles. The molecule has 0 aromatic heterocycles. The predicted molar refractivity (Wildman–Crippen MR) is 199 cm³/mol. The van der Waals surface area contributed by atoms with Crippen molar-refractivity contribution in [3.63, 3.8) is 0 Å². The first-order chi connectivity index (χ1) is 20.8. The van der Waals surface area contributed by atoms with Crippen LogP contribution in [0.4, 0.5) is 0 Å². The van der Waals surface area contributed by atoms with Gasteiger partial charge in [-0.3, -0.25) is 9.98 Å². The molecular formula is C36H65N5OS. The Hall–Kier alpha value is -2.64. The molecule has 1 aromatic rings. The van der Waals surface area contributed by atoms with Crippen LogP contribution in [0.15, 0.2) is 80.1 Å². The monoisotopic (exact) mass is 615 g/mol. The molecule has 1 saturated heterocycles. The van der Waals surface area contributed by atoms with E-state index in [1.807, 2.05) is 90.6 Å². The summed E-state index contributed by atoms with van der Waals surface area (Å²) >= 11 is 1.83. The Morgan fingerprint density at radius 1 is 1.05 bits per heavy atom. The highest BCUT2D eigenvalue weighted by molar-refractivity contribution is 8.00. The van der Waals surface area contributed by atoms with Crippen LogP contribution < -0.4 is 11.6 Å². The maximum absolute atomic E-state index is 6.11. The Bertz CT molecular complexity index is 981. The molecule has 0 amide bonds. The number of unbranched alkanes of at least 4 members (excludes halogenated alkanes) is 1. The zero-order valence-corrected chi connectivity index (χ0v) is 30.5. The number of nitrogens with two attached hydrogens (primary N) is 2. The molecule has 43 heavy (non-hydrogen) atoms. The number of hydrazone groups is 1. The smallest absolute Gasteiger partial charge is 0.112 e. The van der Waals surface area contributed by atoms with E-state index in [4.69, 9.17) is 16.3 Å². The van der Waals surface area contributed by atoms with Gasteiger partial charge in [-0.25, -0.2) is 0 Å². The highest BCUT2D eigenvalue weighted by Crippen LogP contribution is 2.23. The molecule has 0 bridgehead atoms. The molecular weight excluding hydrogens is 550 g/mol. The van der Waals surface area contributed by atoms with Gasteiger partial charge in [-0.05, 0) is 58.7 Å². The zero-order valence-electron chi connectivity index (χ0n) is 29.7. The Balaban J connectivity index is -0.000000651. The Morgan fingerprint density at radius 2 is 1.65 bits per heavy atom. The summed E-state index contributed by atoms with van der Waals surface area (Å²) in [5, 5.41) is 3.93. The first-order valence-corrected chi connectivity index (χ1v) is 17.3. The van der Waals surface area contributed by atoms with Gasteiger partial charge >= 0.3 is 0 Å². The molecule has 2 rings (SSSR count). The largest absolute Gasteiger partial charge is 0.398 e. The quantitative estimate of drug-likeness (QED) is 0.106. The number of thioether (sulfide) groups is 1. The Kier molecular flexibility index (Phi) is 32.1. The Labute approximate surface area is 270 Å². The lowest BCUT2D eigenvalue weighted by atomic mass is 10.0. The fourth-order valence-electron chi connectivity index (χ4n) is 3.72. The van der Waals surface area contributed by atoms with E-state index >= 15 is 0 Å². The maximum Gasteiger partial charge on any atom is 0.112 e. The second-order valence-electron chi connectivity index (χ2n) is 9.07. The third-order valence-electron chi connectivity index (χ3n) is 6.23. The van der Waals surface area contributed by atoms with Gasteiger partial charge in [0.15, 0.2) is 0 Å². The van der Waals surface area contributed by atoms with Gasteiger partial charge in [0.2, 0.25) is 0 Å². The van der Waals surface area contributed by atoms with Gasteiger partial charge in [-0.15, -0.1) is 0 Å². The van der Waals surface area contributed by atoms with Gasteiger partial charge in [0.25, 0.3) is 0 Å². The van der Waals surface area contributed by atoms with Crippen LogP contribution in [0.1, 0.15) is 114 Å². The molecule has 246 valence electrons. The van der Waals surface area contributed by atoms with Crippen LogP contribution in [0.3, 0.4) is 0 Å². The number of rotatable bonds is 12. The summed E-state index contributed by atoms with van der Waals surface area (Å²) in [6.07, 6.45) is 10.5. The average molecular weight is 616 g/mol. The van der Waals surface area contributed by atoms with Crippen LogP contribution >= 0.6 is 11.8 Å². The van der Waals surface area contributed by atoms with E-state index in [0.717, 1.165) is 71.1 Å². The zero-order chi connectivity index (χ0) is 33.6. The van der Waals surface area contributed by atoms with Gasteiger partial charge in [0, 0.05) is 41.1 Å². The number of aliphatic imine (C=N–C) groups is 2. The minimum atomic E-state index is 0.373. The van der Waals surface area contributed by atoms with Crippen molar-refractivity contribution in [1.82, 2.24) is 0 Å². The average Bonchev–Trinajstić information content (AvgIpc) is 3.49. The summed E-state index contributed by atoms with van der Waals surface area (Å²) in [5.74, 6) is 7.36. The van der Waals surface area contributed by atoms with E-state index < -0.39 is 0 Å². The van der Waals surface area contributed by atoms with Crippen molar-refractivity contribution in [3.05, 3.63) is 70.6 Å². The summed E-state index contributed by atoms with van der Waals surface area (Å²) in [5.41, 5.74) is 12.7. The first-order valence-electron chi connectivity index (χ1n) is 16.1. The van der Waals surface area contributed by atoms with E-state index in [0.29, 0.717) is 12.2 Å². The van der Waals surface area contributed by atoms with Crippen molar-refractivity contribution in [2.75, 3.05) is 18.6 Å². The van der Waals surface area contributed by atoms with Crippen molar-refractivity contribution < 1.29 is 4.74 Å². The van der Waals surface area contributed by atoms with Crippen LogP contribution in [-0.4, -0.2) is 48.9 Å². The maximum atomic E-state index is 6.11. The minimum absolute atomic E-state index is 0.373. The lowest BCUT2D eigenvalue weighted by Gasteiger charge is -2.12. The minimum Gasteiger partial charge on any atom is -0.398 e. The summed E-state index contributed by atoms with van der Waals surface area (Å²) in [4.78, 5) is 8.33. The van der Waals surface area contributed by atoms with Crippen molar-refractivity contribution in [2.45, 2.75) is 120 Å². The van der Waals surface area contributed by atoms with Crippen molar-refractivity contribution in [3.8, 4) is 0 Å². The predicted octanol–water partition coefficient (Wildman–Crippen LogP) is 9.76. The van der Waals surface area contributed by atoms with Gasteiger partial charge in [-0.1, -0.05) is 104 Å². The highest BCUT2D eigenvalue weighted by Gasteiger charge is 2.22. The summed E-state index contributed by atoms with van der Waals surface area (Å²) in [6.45, 7) is 25.9. The summed E-state index contributed by atoms with van der Waals surface area (Å²) in [7, 11) is 1.79. The second-order valence-corrected chi connectivity index (χ2v) is 10.1. The van der Waals surface area contributed by atoms with E-state index in [1.165, 1.54) is 12.0 Å². The van der Waals surface area contributed by atoms with E-state index in [1.54, 1.807) is 7.05 Å². The van der Waals surface area contributed by atoms with Crippen molar-refractivity contribution in [2.24, 2.45) is 26.7 Å². The highest BCUT2D eigenvalue weighted by atomic mass is 32.2. The molecule has 0 radical (unpaired) electrons. The Morgan fingerprint density at radius 3 is 2.09 bits per heavy atom. The van der Waals surface area contributed by atoms with Gasteiger partial charge in [0.1, 0.15) is 5.71 Å². The molecule has 6 nitrogen and oxygen atoms in total. The third-order valence-corrected chi connectivity index (χ3v) is 7.31. The number of hydrogen-bond acceptors (Lipinski definition) is 7. The lowest BCUT2D eigenvalue weighted by molar-refractivity contribution is 0.0700. The summed E-state index contributed by atoms with van der Waals surface area (Å²) < 4.78 is 5.83. The SMILES string of the molecule is C=N/C(C)=C(/C=C\CCC)C(\N)=C(/C)CC.CC.CC.CC.CN=C(CSCC1CCC(C)O1)/C(=N\N)c1ccccc1. The van der Waals surface area contributed by atoms with Crippen LogP contribution in [-0.2, 0) is 4.74 Å². The topological polar surface area (TPSA) is 98.3 Å². The standard InChI is InChI=1S/C16H23N3OS.C14H24N2.3C2H6/c1-12-8-9-14(20-12)10-21-11-15(18-2)16(19-17)13-6-4-3-5-7-13;1-6-8-9-10-13(12(4)16-5)14(15)11(3)7-2;3*1-2/h3-7,12,14H,8-11,17H2,1-2H3;9-10H,5-8,15H2,1-4H3;3*1-2H3/b18-15?,19-16-;10-9-,13-12-,14-11-;;;. The first kappa shape index (κ1) is 44.8. The molecule has 1 fully saturated rings. The fourth-order valence-corrected chi connectivity index (χ4v) is 4.81. The molecule has 4 N–H and O–H groups in total. The van der Waals surface area contributed by atoms with E-state index in [-0.39, 0.29) is 0 Å². The van der Waals surface area contributed by atoms with Crippen molar-refractivity contribution in [1.29, 1.82) is 0 Å². The van der Waals surface area contributed by atoms with Crippen LogP contribution in [0.25, 0.3) is 0 Å². The van der Waals surface area contributed by atoms with Crippen LogP contribution in [0.2, 0.25) is 0 Å². The van der Waals surface area contributed by atoms with Gasteiger partial charge in [0.05, 0.1) is 17.9 Å². The summed E-state index contributed by atoms with van der Waals surface area (Å²) in [6, 6.07) is 9.95. The second kappa shape index (κ2) is 30.8. The van der Waals surface area contributed by atoms with Crippen LogP contribution in [0.5, 0.6) is 0 Å². The molecule has 0 saturated carbocycles. The number of ether oxygens (including phenoxy) is 1. The number of allylic oxidation sites excluding steroid dienone is 4. The van der Waals surface area contributed by atoms with Crippen LogP contribution in [0, 0.1) is 0 Å². The van der Waals surface area contributed by atoms with Gasteiger partial charge in [-0.2, -0.15) is 16.9 Å². The molecule has 1 aliphatic rings. The third kappa shape index (κ3) is 19.3. The molecule has 7 heteroatoms. The number of benzene rings is 1. The number of nitrogens with zero attached hydrogens (tertiary/aromatic N) is 3. The molecule has 1 aromatic carbocycles. The normalized spacial score (nSPS) is 17.4. The van der Waals surface area contributed by atoms with Crippen molar-refractivity contribution >= 4 is 29.9 Å². The lowest BCUT2D eigenvalue weighted by Crippen LogP contribution is -2.21.